The number of benzene rings is 1. The van der Waals surface area contributed by atoms with Crippen LogP contribution in [-0.4, -0.2) is 55.6 Å². The molecule has 0 aromatic heterocycles. The Kier molecular flexibility index (Phi) is 5.70. The van der Waals surface area contributed by atoms with Crippen LogP contribution < -0.4 is 0 Å². The lowest BCUT2D eigenvalue weighted by Crippen LogP contribution is -2.46. The van der Waals surface area contributed by atoms with Crippen molar-refractivity contribution in [1.82, 2.24) is 9.80 Å². The van der Waals surface area contributed by atoms with E-state index in [0.29, 0.717) is 6.42 Å². The second kappa shape index (κ2) is 7.52. The normalized spacial score (nSPS) is 16.9. The summed E-state index contributed by atoms with van der Waals surface area (Å²) in [5.74, 6) is -0.330. The molecule has 5 heteroatoms. The van der Waals surface area contributed by atoms with Crippen LogP contribution in [0.2, 0.25) is 0 Å². The predicted molar refractivity (Wildman–Crippen MR) is 79.5 cm³/mol. The lowest BCUT2D eigenvalue weighted by atomic mass is 10.1. The third-order valence-electron chi connectivity index (χ3n) is 4.02. The van der Waals surface area contributed by atoms with Crippen molar-refractivity contribution in [2.24, 2.45) is 0 Å². The topological polar surface area (TPSA) is 32.8 Å². The van der Waals surface area contributed by atoms with E-state index in [2.05, 4.69) is 14.5 Å². The number of esters is 1. The molecule has 1 aliphatic rings. The summed E-state index contributed by atoms with van der Waals surface area (Å²) >= 11 is 0. The lowest BCUT2D eigenvalue weighted by molar-refractivity contribution is -0.141. The van der Waals surface area contributed by atoms with Gasteiger partial charge < -0.3 is 9.64 Å². The second-order valence-electron chi connectivity index (χ2n) is 5.51. The van der Waals surface area contributed by atoms with Crippen molar-refractivity contribution in [1.29, 1.82) is 0 Å². The molecule has 1 aromatic carbocycles. The number of halogens is 1. The van der Waals surface area contributed by atoms with Gasteiger partial charge >= 0.3 is 5.97 Å². The van der Waals surface area contributed by atoms with Crippen LogP contribution >= 0.6 is 0 Å². The van der Waals surface area contributed by atoms with Crippen molar-refractivity contribution < 1.29 is 13.9 Å². The summed E-state index contributed by atoms with van der Waals surface area (Å²) in [5, 5.41) is 0. The van der Waals surface area contributed by atoms with Crippen molar-refractivity contribution in [2.45, 2.75) is 19.9 Å². The molecule has 4 nitrogen and oxygen atoms in total. The Morgan fingerprint density at radius 2 is 1.90 bits per heavy atom. The Balaban J connectivity index is 1.77. The van der Waals surface area contributed by atoms with E-state index in [4.69, 9.17) is 0 Å². The first-order chi connectivity index (χ1) is 10.1. The van der Waals surface area contributed by atoms with Crippen molar-refractivity contribution in [3.63, 3.8) is 0 Å². The molecule has 1 aromatic rings. The average molecular weight is 294 g/mol. The predicted octanol–water partition coefficient (Wildman–Crippen LogP) is 1.81. The van der Waals surface area contributed by atoms with E-state index in [1.54, 1.807) is 6.07 Å². The maximum absolute atomic E-state index is 13.1. The Labute approximate surface area is 125 Å². The third kappa shape index (κ3) is 4.79. The molecule has 0 unspecified atom stereocenters. The van der Waals surface area contributed by atoms with Gasteiger partial charge in [-0.25, -0.2) is 4.39 Å². The minimum atomic E-state index is -0.177. The van der Waals surface area contributed by atoms with Gasteiger partial charge in [0.2, 0.25) is 0 Å². The van der Waals surface area contributed by atoms with Gasteiger partial charge in [-0.3, -0.25) is 9.69 Å². The second-order valence-corrected chi connectivity index (χ2v) is 5.51. The molecule has 1 fully saturated rings. The van der Waals surface area contributed by atoms with E-state index in [1.807, 2.05) is 13.0 Å². The summed E-state index contributed by atoms with van der Waals surface area (Å²) < 4.78 is 17.8. The highest BCUT2D eigenvalue weighted by molar-refractivity contribution is 5.69. The molecule has 0 saturated carbocycles. The fraction of sp³-hybridized carbons (Fsp3) is 0.562. The van der Waals surface area contributed by atoms with Gasteiger partial charge in [-0.2, -0.15) is 0 Å². The van der Waals surface area contributed by atoms with Crippen LogP contribution in [0.15, 0.2) is 18.2 Å². The van der Waals surface area contributed by atoms with E-state index in [1.165, 1.54) is 18.7 Å². The number of ether oxygens (including phenoxy) is 1. The van der Waals surface area contributed by atoms with Crippen molar-refractivity contribution in [3.8, 4) is 0 Å². The maximum atomic E-state index is 13.1. The fourth-order valence-electron chi connectivity index (χ4n) is 2.60. The number of hydrogen-bond acceptors (Lipinski definition) is 4. The van der Waals surface area contributed by atoms with Gasteiger partial charge in [0.25, 0.3) is 0 Å². The maximum Gasteiger partial charge on any atom is 0.306 e. The minimum absolute atomic E-state index is 0.153. The number of methoxy groups -OCH3 is 1. The first kappa shape index (κ1) is 15.9. The van der Waals surface area contributed by atoms with Crippen LogP contribution in [0.25, 0.3) is 0 Å². The molecule has 0 radical (unpaired) electrons. The zero-order valence-electron chi connectivity index (χ0n) is 12.8. The van der Waals surface area contributed by atoms with Gasteiger partial charge in [-0.1, -0.05) is 6.07 Å². The van der Waals surface area contributed by atoms with Gasteiger partial charge in [0, 0.05) is 39.3 Å². The summed E-state index contributed by atoms with van der Waals surface area (Å²) in [4.78, 5) is 15.8. The van der Waals surface area contributed by atoms with Crippen molar-refractivity contribution >= 4 is 5.97 Å². The van der Waals surface area contributed by atoms with Crippen LogP contribution in [0.5, 0.6) is 0 Å². The monoisotopic (exact) mass is 294 g/mol. The highest BCUT2D eigenvalue weighted by Crippen LogP contribution is 2.14. The number of hydrogen-bond donors (Lipinski definition) is 0. The summed E-state index contributed by atoms with van der Waals surface area (Å²) in [5.41, 5.74) is 2.18. The quantitative estimate of drug-likeness (QED) is 0.776. The van der Waals surface area contributed by atoms with E-state index < -0.39 is 0 Å². The molecule has 0 aliphatic carbocycles. The zero-order valence-corrected chi connectivity index (χ0v) is 12.8. The minimum Gasteiger partial charge on any atom is -0.469 e. The molecule has 0 spiro atoms. The average Bonchev–Trinajstić information content (AvgIpc) is 2.49. The molecule has 0 amide bonds. The fourth-order valence-corrected chi connectivity index (χ4v) is 2.60. The van der Waals surface area contributed by atoms with E-state index >= 15 is 0 Å². The summed E-state index contributed by atoms with van der Waals surface area (Å²) in [6, 6.07) is 4.98. The summed E-state index contributed by atoms with van der Waals surface area (Å²) in [7, 11) is 1.42. The Morgan fingerprint density at radius 1 is 1.24 bits per heavy atom. The Morgan fingerprint density at radius 3 is 2.52 bits per heavy atom. The highest BCUT2D eigenvalue weighted by atomic mass is 19.1. The van der Waals surface area contributed by atoms with Gasteiger partial charge in [-0.05, 0) is 30.2 Å². The van der Waals surface area contributed by atoms with Crippen LogP contribution in [0.4, 0.5) is 4.39 Å². The van der Waals surface area contributed by atoms with Crippen LogP contribution in [0.1, 0.15) is 17.5 Å². The molecule has 2 rings (SSSR count). The largest absolute Gasteiger partial charge is 0.469 e. The summed E-state index contributed by atoms with van der Waals surface area (Å²) in [6.45, 7) is 7.42. The standard InChI is InChI=1S/C16H23FN2O2/c1-13-11-15(17)4-3-14(13)12-19-9-7-18(8-10-19)6-5-16(20)21-2/h3-4,11H,5-10,12H2,1-2H3. The molecule has 1 aliphatic heterocycles. The first-order valence-corrected chi connectivity index (χ1v) is 7.35. The van der Waals surface area contributed by atoms with Gasteiger partial charge in [0.05, 0.1) is 13.5 Å². The number of carbonyl (C=O) groups is 1. The SMILES string of the molecule is COC(=O)CCN1CCN(Cc2ccc(F)cc2C)CC1. The summed E-state index contributed by atoms with van der Waals surface area (Å²) in [6.07, 6.45) is 0.452. The molecule has 0 bridgehead atoms. The molecule has 21 heavy (non-hydrogen) atoms. The number of rotatable bonds is 5. The molecule has 116 valence electrons. The number of piperazine rings is 1. The third-order valence-corrected chi connectivity index (χ3v) is 4.02. The lowest BCUT2D eigenvalue weighted by Gasteiger charge is -2.34. The van der Waals surface area contributed by atoms with Crippen LogP contribution in [0, 0.1) is 12.7 Å². The van der Waals surface area contributed by atoms with Crippen molar-refractivity contribution in [3.05, 3.63) is 35.1 Å². The zero-order chi connectivity index (χ0) is 15.2. The molecular weight excluding hydrogens is 271 g/mol. The first-order valence-electron chi connectivity index (χ1n) is 7.35. The van der Waals surface area contributed by atoms with Crippen LogP contribution in [-0.2, 0) is 16.1 Å². The number of nitrogens with zero attached hydrogens (tertiary/aromatic N) is 2. The molecule has 1 heterocycles. The number of aryl methyl sites for hydroxylation is 1. The van der Waals surface area contributed by atoms with Crippen LogP contribution in [0.3, 0.4) is 0 Å². The van der Waals surface area contributed by atoms with E-state index in [9.17, 15) is 9.18 Å². The Bertz CT molecular complexity index is 485. The Hall–Kier alpha value is -1.46. The van der Waals surface area contributed by atoms with Gasteiger partial charge in [0.15, 0.2) is 0 Å². The van der Waals surface area contributed by atoms with Gasteiger partial charge in [-0.15, -0.1) is 0 Å². The van der Waals surface area contributed by atoms with Crippen molar-refractivity contribution in [2.75, 3.05) is 39.8 Å². The molecule has 1 saturated heterocycles. The van der Waals surface area contributed by atoms with Gasteiger partial charge in [0.1, 0.15) is 5.82 Å². The van der Waals surface area contributed by atoms with E-state index in [0.717, 1.165) is 44.8 Å². The molecule has 0 N–H and O–H groups in total. The van der Waals surface area contributed by atoms with E-state index in [-0.39, 0.29) is 11.8 Å². The smallest absolute Gasteiger partial charge is 0.306 e. The number of carbonyl (C=O) groups excluding carboxylic acids is 1. The highest BCUT2D eigenvalue weighted by Gasteiger charge is 2.18. The molecular formula is C16H23FN2O2. The molecule has 0 atom stereocenters.